The molecule has 2 rings (SSSR count). The second-order valence-electron chi connectivity index (χ2n) is 5.87. The van der Waals surface area contributed by atoms with Crippen molar-refractivity contribution in [3.05, 3.63) is 29.8 Å². The van der Waals surface area contributed by atoms with Crippen LogP contribution in [0, 0.1) is 11.3 Å². The van der Waals surface area contributed by atoms with Crippen LogP contribution in [-0.2, 0) is 19.9 Å². The summed E-state index contributed by atoms with van der Waals surface area (Å²) >= 11 is 0. The zero-order valence-corrected chi connectivity index (χ0v) is 14.4. The van der Waals surface area contributed by atoms with Gasteiger partial charge in [-0.25, -0.2) is 21.6 Å². The molecule has 1 fully saturated rings. The van der Waals surface area contributed by atoms with E-state index >= 15 is 0 Å². The molecule has 1 atom stereocenters. The molecule has 0 aromatic heterocycles. The molecule has 7 nitrogen and oxygen atoms in total. The predicted molar refractivity (Wildman–Crippen MR) is 86.0 cm³/mol. The van der Waals surface area contributed by atoms with Gasteiger partial charge in [0.05, 0.1) is 28.0 Å². The van der Waals surface area contributed by atoms with Gasteiger partial charge >= 0.3 is 0 Å². The van der Waals surface area contributed by atoms with Crippen LogP contribution in [0.15, 0.2) is 29.2 Å². The number of nitrogens with zero attached hydrogens (tertiary/aromatic N) is 1. The average molecular weight is 357 g/mol. The highest BCUT2D eigenvalue weighted by atomic mass is 32.2. The average Bonchev–Trinajstić information content (AvgIpc) is 2.78. The molecule has 1 aliphatic heterocycles. The number of rotatable bonds is 6. The first-order valence-corrected chi connectivity index (χ1v) is 10.4. The lowest BCUT2D eigenvalue weighted by atomic mass is 10.0. The van der Waals surface area contributed by atoms with Gasteiger partial charge in [0, 0.05) is 18.6 Å². The molecular formula is C14H19N3O4S2. The molecule has 1 heterocycles. The van der Waals surface area contributed by atoms with E-state index in [1.807, 2.05) is 13.0 Å². The minimum absolute atomic E-state index is 0.0335. The van der Waals surface area contributed by atoms with Crippen molar-refractivity contribution in [2.45, 2.75) is 23.8 Å². The van der Waals surface area contributed by atoms with E-state index in [4.69, 9.17) is 5.26 Å². The number of hydrogen-bond donors (Lipinski definition) is 2. The molecule has 0 spiro atoms. The number of benzene rings is 1. The molecule has 0 unspecified atom stereocenters. The maximum absolute atomic E-state index is 12.1. The summed E-state index contributed by atoms with van der Waals surface area (Å²) in [6.45, 7) is 2.28. The van der Waals surface area contributed by atoms with Crippen molar-refractivity contribution in [2.24, 2.45) is 0 Å². The van der Waals surface area contributed by atoms with E-state index in [9.17, 15) is 16.8 Å². The van der Waals surface area contributed by atoms with Crippen molar-refractivity contribution in [2.75, 3.05) is 24.6 Å². The van der Waals surface area contributed by atoms with Crippen LogP contribution in [0.2, 0.25) is 0 Å². The highest BCUT2D eigenvalue weighted by Crippen LogP contribution is 2.22. The molecule has 0 radical (unpaired) electrons. The number of nitriles is 1. The first-order chi connectivity index (χ1) is 10.7. The van der Waals surface area contributed by atoms with Crippen LogP contribution < -0.4 is 10.0 Å². The standard InChI is InChI=1S/C14H19N3O4S2/c1-14(5-8-22(18,19)11-14)16-6-7-17-23(20,21)13-4-2-3-12(9-13)10-15/h2-4,9,16-17H,5-8,11H2,1H3/t14-/m0/s1. The Hall–Kier alpha value is -1.47. The summed E-state index contributed by atoms with van der Waals surface area (Å²) in [6.07, 6.45) is 0.520. The maximum atomic E-state index is 12.1. The Kier molecular flexibility index (Phi) is 5.10. The molecule has 0 aliphatic carbocycles. The van der Waals surface area contributed by atoms with Crippen molar-refractivity contribution in [3.8, 4) is 6.07 Å². The van der Waals surface area contributed by atoms with Crippen LogP contribution in [0.5, 0.6) is 0 Å². The monoisotopic (exact) mass is 357 g/mol. The Morgan fingerprint density at radius 1 is 1.35 bits per heavy atom. The van der Waals surface area contributed by atoms with Crippen molar-refractivity contribution in [1.29, 1.82) is 5.26 Å². The van der Waals surface area contributed by atoms with Gasteiger partial charge in [-0.3, -0.25) is 0 Å². The van der Waals surface area contributed by atoms with Gasteiger partial charge in [-0.15, -0.1) is 0 Å². The number of nitrogens with one attached hydrogen (secondary N) is 2. The molecule has 0 saturated carbocycles. The lowest BCUT2D eigenvalue weighted by Gasteiger charge is -2.24. The van der Waals surface area contributed by atoms with Crippen LogP contribution in [0.3, 0.4) is 0 Å². The summed E-state index contributed by atoms with van der Waals surface area (Å²) in [5.41, 5.74) is -0.236. The molecule has 1 aromatic carbocycles. The molecule has 2 N–H and O–H groups in total. The zero-order chi connectivity index (χ0) is 17.1. The lowest BCUT2D eigenvalue weighted by Crippen LogP contribution is -2.46. The normalized spacial score (nSPS) is 23.5. The number of sulfone groups is 1. The first-order valence-electron chi connectivity index (χ1n) is 7.11. The number of sulfonamides is 1. The quantitative estimate of drug-likeness (QED) is 0.693. The first kappa shape index (κ1) is 17.9. The smallest absolute Gasteiger partial charge is 0.240 e. The minimum atomic E-state index is -3.69. The van der Waals surface area contributed by atoms with Gasteiger partial charge in [-0.1, -0.05) is 6.07 Å². The summed E-state index contributed by atoms with van der Waals surface area (Å²) in [7, 11) is -6.69. The third-order valence-corrected chi connectivity index (χ3v) is 7.11. The Morgan fingerprint density at radius 2 is 2.09 bits per heavy atom. The summed E-state index contributed by atoms with van der Waals surface area (Å²) < 4.78 is 49.7. The molecular weight excluding hydrogens is 338 g/mol. The predicted octanol–water partition coefficient (Wildman–Crippen LogP) is 0.00338. The molecule has 1 saturated heterocycles. The molecule has 1 aromatic rings. The van der Waals surface area contributed by atoms with Crippen LogP contribution >= 0.6 is 0 Å². The second-order valence-corrected chi connectivity index (χ2v) is 9.82. The minimum Gasteiger partial charge on any atom is -0.309 e. The summed E-state index contributed by atoms with van der Waals surface area (Å²) in [5, 5.41) is 11.9. The lowest BCUT2D eigenvalue weighted by molar-refractivity contribution is 0.400. The highest BCUT2D eigenvalue weighted by Gasteiger charge is 2.37. The fourth-order valence-corrected chi connectivity index (χ4v) is 5.72. The van der Waals surface area contributed by atoms with Gasteiger partial charge in [0.25, 0.3) is 0 Å². The van der Waals surface area contributed by atoms with Crippen molar-refractivity contribution >= 4 is 19.9 Å². The maximum Gasteiger partial charge on any atom is 0.240 e. The topological polar surface area (TPSA) is 116 Å². The number of hydrogen-bond acceptors (Lipinski definition) is 6. The third-order valence-electron chi connectivity index (χ3n) is 3.75. The molecule has 0 bridgehead atoms. The van der Waals surface area contributed by atoms with Gasteiger partial charge in [0.2, 0.25) is 10.0 Å². The van der Waals surface area contributed by atoms with E-state index in [1.165, 1.54) is 24.3 Å². The van der Waals surface area contributed by atoms with Gasteiger partial charge in [-0.05, 0) is 31.5 Å². The van der Waals surface area contributed by atoms with E-state index in [1.54, 1.807) is 0 Å². The van der Waals surface area contributed by atoms with Crippen LogP contribution in [-0.4, -0.2) is 47.0 Å². The van der Waals surface area contributed by atoms with Gasteiger partial charge in [0.1, 0.15) is 0 Å². The zero-order valence-electron chi connectivity index (χ0n) is 12.7. The SMILES string of the molecule is C[C@]1(NCCNS(=O)(=O)c2cccc(C#N)c2)CCS(=O)(=O)C1. The van der Waals surface area contributed by atoms with Gasteiger partial charge < -0.3 is 5.32 Å². The second kappa shape index (κ2) is 6.57. The largest absolute Gasteiger partial charge is 0.309 e. The highest BCUT2D eigenvalue weighted by molar-refractivity contribution is 7.91. The third kappa shape index (κ3) is 4.75. The molecule has 1 aliphatic rings. The van der Waals surface area contributed by atoms with E-state index in [2.05, 4.69) is 10.0 Å². The van der Waals surface area contributed by atoms with Crippen molar-refractivity contribution in [3.63, 3.8) is 0 Å². The molecule has 9 heteroatoms. The Labute approximate surface area is 136 Å². The summed E-state index contributed by atoms with van der Waals surface area (Å²) in [4.78, 5) is 0.0335. The van der Waals surface area contributed by atoms with Crippen LogP contribution in [0.25, 0.3) is 0 Å². The van der Waals surface area contributed by atoms with E-state index in [0.717, 1.165) is 0 Å². The van der Waals surface area contributed by atoms with Crippen molar-refractivity contribution < 1.29 is 16.8 Å². The van der Waals surface area contributed by atoms with Crippen LogP contribution in [0.4, 0.5) is 0 Å². The van der Waals surface area contributed by atoms with E-state index in [0.29, 0.717) is 13.0 Å². The van der Waals surface area contributed by atoms with Gasteiger partial charge in [-0.2, -0.15) is 5.26 Å². The fourth-order valence-electron chi connectivity index (χ4n) is 2.52. The van der Waals surface area contributed by atoms with E-state index in [-0.39, 0.29) is 28.5 Å². The molecule has 126 valence electrons. The Balaban J connectivity index is 1.90. The summed E-state index contributed by atoms with van der Waals surface area (Å²) in [5.74, 6) is 0.222. The molecule has 23 heavy (non-hydrogen) atoms. The molecule has 0 amide bonds. The fraction of sp³-hybridized carbons (Fsp3) is 0.500. The van der Waals surface area contributed by atoms with Crippen molar-refractivity contribution in [1.82, 2.24) is 10.0 Å². The van der Waals surface area contributed by atoms with Crippen LogP contribution in [0.1, 0.15) is 18.9 Å². The Bertz CT molecular complexity index is 828. The van der Waals surface area contributed by atoms with E-state index < -0.39 is 25.4 Å². The van der Waals surface area contributed by atoms with Gasteiger partial charge in [0.15, 0.2) is 9.84 Å². The summed E-state index contributed by atoms with van der Waals surface area (Å²) in [6, 6.07) is 7.66. The Morgan fingerprint density at radius 3 is 2.70 bits per heavy atom.